The molecule has 11 heteroatoms. The number of hydrogen-bond acceptors (Lipinski definition) is 5. The first-order valence-corrected chi connectivity index (χ1v) is 11.5. The summed E-state index contributed by atoms with van der Waals surface area (Å²) in [6, 6.07) is 9.80. The molecule has 196 valence electrons. The molecule has 37 heavy (non-hydrogen) atoms. The van der Waals surface area contributed by atoms with Gasteiger partial charge in [-0.2, -0.15) is 26.3 Å². The molecular formula is C26H25F6N5. The largest absolute Gasteiger partial charge is 0.418 e. The predicted molar refractivity (Wildman–Crippen MR) is 131 cm³/mol. The zero-order valence-electron chi connectivity index (χ0n) is 20.2. The highest BCUT2D eigenvalue weighted by atomic mass is 19.4. The van der Waals surface area contributed by atoms with Crippen molar-refractivity contribution in [2.24, 2.45) is 0 Å². The topological polar surface area (TPSA) is 53.1 Å². The summed E-state index contributed by atoms with van der Waals surface area (Å²) in [4.78, 5) is 10.5. The summed E-state index contributed by atoms with van der Waals surface area (Å²) >= 11 is 0. The summed E-state index contributed by atoms with van der Waals surface area (Å²) in [6.07, 6.45) is -5.89. The van der Waals surface area contributed by atoms with Gasteiger partial charge in [0, 0.05) is 35.7 Å². The van der Waals surface area contributed by atoms with E-state index in [1.807, 2.05) is 27.0 Å². The third-order valence-electron chi connectivity index (χ3n) is 6.09. The summed E-state index contributed by atoms with van der Waals surface area (Å²) in [7, 11) is 1.94. The molecule has 1 aliphatic heterocycles. The number of alkyl halides is 6. The molecule has 0 amide bonds. The first-order chi connectivity index (χ1) is 17.3. The SMILES string of the molecule is CC(C)N(C)CC1C=C(Nc2ccc(C(F)(F)F)cc2)c2ccc(-c3ncccc3C(F)(F)F)nc2N1. The summed E-state index contributed by atoms with van der Waals surface area (Å²) < 4.78 is 79.6. The Bertz CT molecular complexity index is 1280. The number of rotatable bonds is 6. The Morgan fingerprint density at radius 3 is 2.30 bits per heavy atom. The van der Waals surface area contributed by atoms with Crippen LogP contribution in [0.3, 0.4) is 0 Å². The van der Waals surface area contributed by atoms with Crippen molar-refractivity contribution in [2.75, 3.05) is 24.2 Å². The van der Waals surface area contributed by atoms with Crippen LogP contribution in [-0.2, 0) is 12.4 Å². The number of halogens is 6. The molecular weight excluding hydrogens is 496 g/mol. The summed E-state index contributed by atoms with van der Waals surface area (Å²) in [5, 5.41) is 6.41. The maximum absolute atomic E-state index is 13.6. The second-order valence-corrected chi connectivity index (χ2v) is 9.05. The van der Waals surface area contributed by atoms with Gasteiger partial charge in [0.15, 0.2) is 0 Å². The fourth-order valence-corrected chi connectivity index (χ4v) is 3.89. The Balaban J connectivity index is 1.72. The fourth-order valence-electron chi connectivity index (χ4n) is 3.89. The van der Waals surface area contributed by atoms with Crippen LogP contribution in [0.5, 0.6) is 0 Å². The normalized spacial score (nSPS) is 15.9. The lowest BCUT2D eigenvalue weighted by Gasteiger charge is -2.31. The van der Waals surface area contributed by atoms with Gasteiger partial charge in [-0.1, -0.05) is 0 Å². The van der Waals surface area contributed by atoms with Crippen molar-refractivity contribution >= 4 is 17.2 Å². The molecule has 5 nitrogen and oxygen atoms in total. The molecule has 0 radical (unpaired) electrons. The van der Waals surface area contributed by atoms with Gasteiger partial charge in [-0.25, -0.2) is 4.98 Å². The van der Waals surface area contributed by atoms with Crippen LogP contribution in [0.1, 0.15) is 30.5 Å². The molecule has 0 spiro atoms. The van der Waals surface area contributed by atoms with Crippen LogP contribution in [0.4, 0.5) is 37.8 Å². The molecule has 0 saturated carbocycles. The van der Waals surface area contributed by atoms with Gasteiger partial charge >= 0.3 is 12.4 Å². The van der Waals surface area contributed by atoms with Gasteiger partial charge in [0.05, 0.1) is 22.9 Å². The van der Waals surface area contributed by atoms with Crippen molar-refractivity contribution in [3.63, 3.8) is 0 Å². The highest BCUT2D eigenvalue weighted by Gasteiger charge is 2.35. The van der Waals surface area contributed by atoms with Crippen molar-refractivity contribution in [2.45, 2.75) is 38.3 Å². The smallest absolute Gasteiger partial charge is 0.362 e. The molecule has 3 aromatic rings. The quantitative estimate of drug-likeness (QED) is 0.351. The van der Waals surface area contributed by atoms with Crippen molar-refractivity contribution < 1.29 is 26.3 Å². The van der Waals surface area contributed by atoms with Crippen molar-refractivity contribution in [3.05, 3.63) is 77.5 Å². The minimum atomic E-state index is -4.60. The van der Waals surface area contributed by atoms with Gasteiger partial charge in [-0.15, -0.1) is 0 Å². The van der Waals surface area contributed by atoms with E-state index in [-0.39, 0.29) is 23.5 Å². The van der Waals surface area contributed by atoms with Gasteiger partial charge in [0.1, 0.15) is 11.5 Å². The zero-order valence-corrected chi connectivity index (χ0v) is 20.2. The molecule has 2 N–H and O–H groups in total. The van der Waals surface area contributed by atoms with Crippen molar-refractivity contribution in [3.8, 4) is 11.4 Å². The third-order valence-corrected chi connectivity index (χ3v) is 6.09. The second-order valence-electron chi connectivity index (χ2n) is 9.05. The lowest BCUT2D eigenvalue weighted by Crippen LogP contribution is -2.39. The number of anilines is 2. The number of benzene rings is 1. The Labute approximate surface area is 210 Å². The van der Waals surface area contributed by atoms with Gasteiger partial charge in [0.2, 0.25) is 0 Å². The highest BCUT2D eigenvalue weighted by Crippen LogP contribution is 2.37. The summed E-state index contributed by atoms with van der Waals surface area (Å²) in [5.74, 6) is 0.343. The van der Waals surface area contributed by atoms with Gasteiger partial charge < -0.3 is 15.5 Å². The maximum atomic E-state index is 13.6. The zero-order chi connectivity index (χ0) is 27.0. The Hall–Kier alpha value is -3.60. The molecule has 0 bridgehead atoms. The Morgan fingerprint density at radius 2 is 1.68 bits per heavy atom. The molecule has 4 rings (SSSR count). The lowest BCUT2D eigenvalue weighted by molar-refractivity contribution is -0.138. The van der Waals surface area contributed by atoms with Crippen LogP contribution < -0.4 is 10.6 Å². The van der Waals surface area contributed by atoms with Crippen LogP contribution in [-0.4, -0.2) is 40.5 Å². The third kappa shape index (κ3) is 6.04. The standard InChI is InChI=1S/C26H25F6N5/c1-15(2)37(3)14-18-13-22(34-17-8-6-16(7-9-17)25(27,28)29)19-10-11-21(36-24(19)35-18)23-20(26(30,31)32)5-4-12-33-23/h4-13,15,18,34H,14H2,1-3H3,(H,35,36). The summed E-state index contributed by atoms with van der Waals surface area (Å²) in [5.41, 5.74) is -0.336. The van der Waals surface area contributed by atoms with Gasteiger partial charge in [0.25, 0.3) is 0 Å². The molecule has 3 heterocycles. The second kappa shape index (κ2) is 10.0. The number of hydrogen-bond donors (Lipinski definition) is 2. The van der Waals surface area contributed by atoms with E-state index >= 15 is 0 Å². The van der Waals surface area contributed by atoms with Gasteiger partial charge in [-0.05, 0) is 75.5 Å². The molecule has 1 atom stereocenters. The van der Waals surface area contributed by atoms with Crippen LogP contribution in [0.2, 0.25) is 0 Å². The van der Waals surface area contributed by atoms with E-state index in [0.29, 0.717) is 29.3 Å². The molecule has 1 aromatic carbocycles. The number of nitrogens with zero attached hydrogens (tertiary/aromatic N) is 3. The molecule has 1 aliphatic rings. The average Bonchev–Trinajstić information content (AvgIpc) is 2.83. The van der Waals surface area contributed by atoms with E-state index < -0.39 is 23.5 Å². The van der Waals surface area contributed by atoms with Crippen LogP contribution in [0.15, 0.2) is 60.8 Å². The molecule has 0 saturated heterocycles. The van der Waals surface area contributed by atoms with E-state index in [2.05, 4.69) is 25.5 Å². The Kier molecular flexibility index (Phi) is 7.18. The maximum Gasteiger partial charge on any atom is 0.418 e. The minimum absolute atomic E-state index is 0.0471. The van der Waals surface area contributed by atoms with E-state index in [1.165, 1.54) is 30.5 Å². The summed E-state index contributed by atoms with van der Waals surface area (Å²) in [6.45, 7) is 4.61. The number of aromatic nitrogens is 2. The number of nitrogens with one attached hydrogen (secondary N) is 2. The van der Waals surface area contributed by atoms with E-state index in [1.54, 1.807) is 6.07 Å². The van der Waals surface area contributed by atoms with Crippen LogP contribution >= 0.6 is 0 Å². The number of pyridine rings is 2. The fraction of sp³-hybridized carbons (Fsp3) is 0.308. The predicted octanol–water partition coefficient (Wildman–Crippen LogP) is 6.77. The Morgan fingerprint density at radius 1 is 0.973 bits per heavy atom. The van der Waals surface area contributed by atoms with Crippen molar-refractivity contribution in [1.82, 2.24) is 14.9 Å². The van der Waals surface area contributed by atoms with Crippen LogP contribution in [0, 0.1) is 0 Å². The first kappa shape index (κ1) is 26.5. The molecule has 0 aliphatic carbocycles. The van der Waals surface area contributed by atoms with Crippen molar-refractivity contribution in [1.29, 1.82) is 0 Å². The van der Waals surface area contributed by atoms with E-state index in [0.717, 1.165) is 18.2 Å². The molecule has 0 fully saturated rings. The molecule has 1 unspecified atom stereocenters. The minimum Gasteiger partial charge on any atom is -0.362 e. The van der Waals surface area contributed by atoms with E-state index in [4.69, 9.17) is 0 Å². The first-order valence-electron chi connectivity index (χ1n) is 11.5. The number of likely N-dealkylation sites (N-methyl/N-ethyl adjacent to an activating group) is 1. The van der Waals surface area contributed by atoms with E-state index in [9.17, 15) is 26.3 Å². The lowest BCUT2D eigenvalue weighted by atomic mass is 10.0. The monoisotopic (exact) mass is 521 g/mol. The average molecular weight is 522 g/mol. The highest BCUT2D eigenvalue weighted by molar-refractivity contribution is 5.86. The molecule has 2 aromatic heterocycles. The van der Waals surface area contributed by atoms with Gasteiger partial charge in [-0.3, -0.25) is 4.98 Å². The van der Waals surface area contributed by atoms with Crippen LogP contribution in [0.25, 0.3) is 17.1 Å². The number of fused-ring (bicyclic) bond motifs is 1.